The molecule has 0 spiro atoms. The molecule has 0 radical (unpaired) electrons. The maximum absolute atomic E-state index is 13.5. The molecule has 39 heavy (non-hydrogen) atoms. The van der Waals surface area contributed by atoms with Gasteiger partial charge in [-0.2, -0.15) is 0 Å². The summed E-state index contributed by atoms with van der Waals surface area (Å²) in [5.41, 5.74) is 2.57. The van der Waals surface area contributed by atoms with Gasteiger partial charge in [-0.25, -0.2) is 0 Å². The quantitative estimate of drug-likeness (QED) is 0.223. The van der Waals surface area contributed by atoms with E-state index in [2.05, 4.69) is 19.2 Å². The van der Waals surface area contributed by atoms with Crippen LogP contribution in [0, 0.1) is 12.8 Å². The second-order valence-electron chi connectivity index (χ2n) is 9.86. The van der Waals surface area contributed by atoms with Crippen molar-refractivity contribution in [3.63, 3.8) is 0 Å². The highest BCUT2D eigenvalue weighted by molar-refractivity contribution is 6.51. The third kappa shape index (κ3) is 5.80. The lowest BCUT2D eigenvalue weighted by Crippen LogP contribution is -2.29. The number of carbonyl (C=O) groups excluding carboxylic acids is 3. The molecule has 3 aromatic rings. The van der Waals surface area contributed by atoms with Gasteiger partial charge < -0.3 is 19.9 Å². The van der Waals surface area contributed by atoms with Gasteiger partial charge in [0.05, 0.1) is 25.3 Å². The zero-order valence-electron chi connectivity index (χ0n) is 22.6. The number of aliphatic hydroxyl groups excluding tert-OH is 1. The average molecular weight is 529 g/mol. The van der Waals surface area contributed by atoms with E-state index in [0.29, 0.717) is 46.5 Å². The maximum atomic E-state index is 13.5. The molecule has 0 aliphatic carbocycles. The third-order valence-corrected chi connectivity index (χ3v) is 6.32. The average Bonchev–Trinajstić information content (AvgIpc) is 3.17. The number of Topliss-reactive ketones (excluding diaryl/α,β-unsaturated/α-hetero) is 1. The second kappa shape index (κ2) is 11.4. The van der Waals surface area contributed by atoms with Crippen molar-refractivity contribution in [1.82, 2.24) is 0 Å². The van der Waals surface area contributed by atoms with Crippen LogP contribution in [-0.2, 0) is 14.4 Å². The van der Waals surface area contributed by atoms with Crippen LogP contribution in [0.4, 0.5) is 11.4 Å². The Bertz CT molecular complexity index is 1460. The number of methoxy groups -OCH3 is 1. The Morgan fingerprint density at radius 2 is 1.79 bits per heavy atom. The summed E-state index contributed by atoms with van der Waals surface area (Å²) in [7, 11) is 1.53. The summed E-state index contributed by atoms with van der Waals surface area (Å²) in [6, 6.07) is 17.9. The zero-order chi connectivity index (χ0) is 28.3. The molecule has 1 heterocycles. The first kappa shape index (κ1) is 27.4. The van der Waals surface area contributed by atoms with Gasteiger partial charge in [-0.3, -0.25) is 19.3 Å². The van der Waals surface area contributed by atoms with Crippen molar-refractivity contribution in [2.24, 2.45) is 5.92 Å². The Kier molecular flexibility index (Phi) is 8.04. The molecule has 2 amide bonds. The van der Waals surface area contributed by atoms with E-state index in [9.17, 15) is 19.5 Å². The molecule has 202 valence electrons. The number of carbonyl (C=O) groups is 3. The van der Waals surface area contributed by atoms with Crippen molar-refractivity contribution in [2.45, 2.75) is 33.7 Å². The lowest BCUT2D eigenvalue weighted by atomic mass is 9.94. The molecule has 8 heteroatoms. The van der Waals surface area contributed by atoms with Gasteiger partial charge in [0.1, 0.15) is 17.3 Å². The van der Waals surface area contributed by atoms with Crippen LogP contribution in [0.1, 0.15) is 43.5 Å². The number of nitrogens with one attached hydrogen (secondary N) is 1. The van der Waals surface area contributed by atoms with Gasteiger partial charge in [0, 0.05) is 23.9 Å². The normalized spacial score (nSPS) is 16.5. The molecular formula is C31H32N2O6. The van der Waals surface area contributed by atoms with E-state index in [1.807, 2.05) is 6.92 Å². The summed E-state index contributed by atoms with van der Waals surface area (Å²) in [5.74, 6) is -0.608. The fourth-order valence-corrected chi connectivity index (χ4v) is 4.53. The van der Waals surface area contributed by atoms with E-state index in [1.54, 1.807) is 66.7 Å². The molecule has 2 N–H and O–H groups in total. The Morgan fingerprint density at radius 3 is 2.46 bits per heavy atom. The van der Waals surface area contributed by atoms with Crippen molar-refractivity contribution in [3.8, 4) is 11.5 Å². The minimum absolute atomic E-state index is 0.0477. The van der Waals surface area contributed by atoms with Crippen LogP contribution in [0.15, 0.2) is 72.3 Å². The van der Waals surface area contributed by atoms with E-state index in [-0.39, 0.29) is 17.2 Å². The predicted molar refractivity (Wildman–Crippen MR) is 150 cm³/mol. The molecule has 4 rings (SSSR count). The molecule has 0 aromatic heterocycles. The molecule has 0 saturated carbocycles. The lowest BCUT2D eigenvalue weighted by molar-refractivity contribution is -0.132. The summed E-state index contributed by atoms with van der Waals surface area (Å²) < 4.78 is 11.2. The van der Waals surface area contributed by atoms with Gasteiger partial charge in [0.15, 0.2) is 0 Å². The summed E-state index contributed by atoms with van der Waals surface area (Å²) in [4.78, 5) is 40.0. The number of anilines is 2. The highest BCUT2D eigenvalue weighted by Crippen LogP contribution is 2.43. The first-order chi connectivity index (χ1) is 18.6. The predicted octanol–water partition coefficient (Wildman–Crippen LogP) is 5.62. The third-order valence-electron chi connectivity index (χ3n) is 6.32. The number of benzene rings is 3. The van der Waals surface area contributed by atoms with Gasteiger partial charge in [0.25, 0.3) is 11.7 Å². The smallest absolute Gasteiger partial charge is 0.300 e. The number of aliphatic hydroxyl groups is 1. The monoisotopic (exact) mass is 528 g/mol. The molecule has 0 bridgehead atoms. The lowest BCUT2D eigenvalue weighted by Gasteiger charge is -2.26. The van der Waals surface area contributed by atoms with E-state index < -0.39 is 17.7 Å². The van der Waals surface area contributed by atoms with Crippen LogP contribution < -0.4 is 19.7 Å². The Hall–Kier alpha value is -4.59. The molecule has 1 atom stereocenters. The summed E-state index contributed by atoms with van der Waals surface area (Å²) in [6.45, 7) is 7.90. The Labute approximate surface area is 227 Å². The number of nitrogens with zero attached hydrogens (tertiary/aromatic N) is 1. The first-order valence-corrected chi connectivity index (χ1v) is 12.7. The van der Waals surface area contributed by atoms with Crippen molar-refractivity contribution in [1.29, 1.82) is 0 Å². The SMILES string of the molecule is COc1cccc(C2/C(=C(\O)c3ccc(OCC(C)C)c(C)c3)C(=O)C(=O)N2c2cccc(NC(C)=O)c2)c1. The number of aryl methyl sites for hydroxylation is 1. The second-order valence-corrected chi connectivity index (χ2v) is 9.86. The highest BCUT2D eigenvalue weighted by atomic mass is 16.5. The van der Waals surface area contributed by atoms with E-state index in [0.717, 1.165) is 5.56 Å². The summed E-state index contributed by atoms with van der Waals surface area (Å²) in [5, 5.41) is 14.2. The van der Waals surface area contributed by atoms with Crippen LogP contribution in [0.5, 0.6) is 11.5 Å². The van der Waals surface area contributed by atoms with E-state index >= 15 is 0 Å². The molecule has 3 aromatic carbocycles. The van der Waals surface area contributed by atoms with Gasteiger partial charge in [0.2, 0.25) is 5.91 Å². The minimum Gasteiger partial charge on any atom is -0.507 e. The molecule has 1 saturated heterocycles. The first-order valence-electron chi connectivity index (χ1n) is 12.7. The fraction of sp³-hybridized carbons (Fsp3) is 0.258. The van der Waals surface area contributed by atoms with Gasteiger partial charge in [-0.1, -0.05) is 32.0 Å². The van der Waals surface area contributed by atoms with Gasteiger partial charge >= 0.3 is 0 Å². The topological polar surface area (TPSA) is 105 Å². The largest absolute Gasteiger partial charge is 0.507 e. The molecule has 1 aliphatic rings. The molecular weight excluding hydrogens is 496 g/mol. The minimum atomic E-state index is -0.940. The number of amides is 2. The molecule has 8 nitrogen and oxygen atoms in total. The zero-order valence-corrected chi connectivity index (χ0v) is 22.6. The van der Waals surface area contributed by atoms with Gasteiger partial charge in [-0.15, -0.1) is 0 Å². The van der Waals surface area contributed by atoms with Crippen molar-refractivity contribution in [3.05, 3.63) is 89.0 Å². The summed E-state index contributed by atoms with van der Waals surface area (Å²) >= 11 is 0. The number of hydrogen-bond donors (Lipinski definition) is 2. The number of ketones is 1. The van der Waals surface area contributed by atoms with Crippen LogP contribution in [0.25, 0.3) is 5.76 Å². The van der Waals surface area contributed by atoms with Gasteiger partial charge in [-0.05, 0) is 72.5 Å². The maximum Gasteiger partial charge on any atom is 0.300 e. The van der Waals surface area contributed by atoms with E-state index in [4.69, 9.17) is 9.47 Å². The number of hydrogen-bond acceptors (Lipinski definition) is 6. The molecule has 1 unspecified atom stereocenters. The van der Waals surface area contributed by atoms with Crippen LogP contribution >= 0.6 is 0 Å². The Morgan fingerprint density at radius 1 is 1.05 bits per heavy atom. The Balaban J connectivity index is 1.87. The van der Waals surface area contributed by atoms with Crippen LogP contribution in [-0.4, -0.2) is 36.4 Å². The number of ether oxygens (including phenoxy) is 2. The standard InChI is InChI=1S/C31H32N2O6/c1-18(2)17-39-26-13-12-22(14-19(26)3)29(35)27-28(21-8-6-11-25(15-21)38-5)33(31(37)30(27)36)24-10-7-9-23(16-24)32-20(4)34/h6-16,18,28,35H,17H2,1-5H3,(H,32,34)/b29-27+. The van der Waals surface area contributed by atoms with Crippen molar-refractivity contribution in [2.75, 3.05) is 23.9 Å². The molecule has 1 aliphatic heterocycles. The van der Waals surface area contributed by atoms with Crippen LogP contribution in [0.2, 0.25) is 0 Å². The van der Waals surface area contributed by atoms with Crippen molar-refractivity contribution >= 4 is 34.7 Å². The van der Waals surface area contributed by atoms with Crippen LogP contribution in [0.3, 0.4) is 0 Å². The number of rotatable bonds is 8. The highest BCUT2D eigenvalue weighted by Gasteiger charge is 2.47. The molecule has 1 fully saturated rings. The van der Waals surface area contributed by atoms with Crippen molar-refractivity contribution < 1.29 is 29.0 Å². The summed E-state index contributed by atoms with van der Waals surface area (Å²) in [6.07, 6.45) is 0. The fourth-order valence-electron chi connectivity index (χ4n) is 4.53. The van der Waals surface area contributed by atoms with E-state index in [1.165, 1.54) is 18.9 Å².